The molecule has 0 bridgehead atoms. The zero-order valence-electron chi connectivity index (χ0n) is 15.7. The third-order valence-corrected chi connectivity index (χ3v) is 6.41. The van der Waals surface area contributed by atoms with Gasteiger partial charge in [-0.25, -0.2) is 9.98 Å². The summed E-state index contributed by atoms with van der Waals surface area (Å²) in [5.41, 5.74) is 5.01. The van der Waals surface area contributed by atoms with Crippen molar-refractivity contribution in [1.29, 1.82) is 0 Å². The first kappa shape index (κ1) is 19.0. The molecule has 2 aliphatic heterocycles. The first-order valence-corrected chi connectivity index (χ1v) is 11.1. The minimum Gasteiger partial charge on any atom is -0.320 e. The molecular weight excluding hydrogens is 458 g/mol. The number of carbonyl (C=O) groups excluding carboxylic acids is 1. The average Bonchev–Trinajstić information content (AvgIpc) is 3.09. The van der Waals surface area contributed by atoms with Crippen LogP contribution in [0.3, 0.4) is 0 Å². The van der Waals surface area contributed by atoms with Gasteiger partial charge in [0, 0.05) is 10.0 Å². The van der Waals surface area contributed by atoms with Gasteiger partial charge in [-0.1, -0.05) is 88.4 Å². The van der Waals surface area contributed by atoms with E-state index in [0.717, 1.165) is 32.5 Å². The predicted octanol–water partition coefficient (Wildman–Crippen LogP) is 6.08. The Labute approximate surface area is 187 Å². The number of anilines is 1. The van der Waals surface area contributed by atoms with Gasteiger partial charge in [-0.05, 0) is 35.4 Å². The fraction of sp³-hybridized carbons (Fsp3) is 0.0417. The highest BCUT2D eigenvalue weighted by atomic mass is 79.9. The smallest absolute Gasteiger partial charge is 0.275 e. The van der Waals surface area contributed by atoms with Gasteiger partial charge in [0.1, 0.15) is 5.71 Å². The van der Waals surface area contributed by atoms with Gasteiger partial charge in [0.15, 0.2) is 5.17 Å². The number of amides is 1. The molecule has 2 heterocycles. The second-order valence-corrected chi connectivity index (χ2v) is 8.89. The number of hydrogen-bond acceptors (Lipinski definition) is 4. The van der Waals surface area contributed by atoms with E-state index in [2.05, 4.69) is 39.5 Å². The number of carbonyl (C=O) groups is 1. The number of nitrogens with zero attached hydrogens (tertiary/aromatic N) is 2. The van der Waals surface area contributed by atoms with Gasteiger partial charge in [-0.2, -0.15) is 0 Å². The van der Waals surface area contributed by atoms with Crippen LogP contribution in [0.5, 0.6) is 0 Å². The van der Waals surface area contributed by atoms with Crippen molar-refractivity contribution in [2.75, 3.05) is 5.32 Å². The second-order valence-electron chi connectivity index (χ2n) is 6.87. The average molecular weight is 474 g/mol. The summed E-state index contributed by atoms with van der Waals surface area (Å²) in [5.74, 6) is -0.200. The Morgan fingerprint density at radius 2 is 1.77 bits per heavy atom. The number of hydrogen-bond donors (Lipinski definition) is 1. The van der Waals surface area contributed by atoms with Crippen LogP contribution in [0.15, 0.2) is 99.4 Å². The molecule has 2 aliphatic rings. The van der Waals surface area contributed by atoms with Crippen molar-refractivity contribution in [3.8, 4) is 0 Å². The van der Waals surface area contributed by atoms with Gasteiger partial charge in [0.25, 0.3) is 5.91 Å². The van der Waals surface area contributed by atoms with Crippen LogP contribution >= 0.6 is 27.7 Å². The minimum absolute atomic E-state index is 0.0364. The first-order chi connectivity index (χ1) is 14.7. The van der Waals surface area contributed by atoms with E-state index in [4.69, 9.17) is 9.98 Å². The van der Waals surface area contributed by atoms with E-state index in [1.165, 1.54) is 0 Å². The highest BCUT2D eigenvalue weighted by Crippen LogP contribution is 2.40. The lowest BCUT2D eigenvalue weighted by atomic mass is 10.1. The van der Waals surface area contributed by atoms with E-state index in [0.29, 0.717) is 10.9 Å². The quantitative estimate of drug-likeness (QED) is 0.490. The number of amidine groups is 1. The summed E-state index contributed by atoms with van der Waals surface area (Å²) in [6.45, 7) is 0. The zero-order chi connectivity index (χ0) is 20.5. The van der Waals surface area contributed by atoms with Crippen molar-refractivity contribution < 1.29 is 4.79 Å². The fourth-order valence-electron chi connectivity index (χ4n) is 3.44. The number of para-hydroxylation sites is 1. The third-order valence-electron chi connectivity index (χ3n) is 4.86. The van der Waals surface area contributed by atoms with E-state index in [1.54, 1.807) is 11.8 Å². The molecule has 0 saturated carbocycles. The number of fused-ring (bicyclic) bond motifs is 1. The fourth-order valence-corrected chi connectivity index (χ4v) is 4.85. The lowest BCUT2D eigenvalue weighted by molar-refractivity contribution is -0.110. The molecule has 146 valence electrons. The Morgan fingerprint density at radius 3 is 2.60 bits per heavy atom. The molecule has 6 heteroatoms. The molecule has 1 amide bonds. The molecule has 1 atom stereocenters. The first-order valence-electron chi connectivity index (χ1n) is 9.45. The Hall–Kier alpha value is -2.96. The number of nitrogens with one attached hydrogen (secondary N) is 1. The molecule has 0 spiro atoms. The highest BCUT2D eigenvalue weighted by molar-refractivity contribution is 9.10. The van der Waals surface area contributed by atoms with Crippen LogP contribution in [0, 0.1) is 0 Å². The Bertz CT molecular complexity index is 1230. The van der Waals surface area contributed by atoms with Crippen molar-refractivity contribution in [2.24, 2.45) is 9.98 Å². The molecule has 3 aromatic rings. The predicted molar refractivity (Wildman–Crippen MR) is 128 cm³/mol. The summed E-state index contributed by atoms with van der Waals surface area (Å²) in [6, 6.07) is 25.8. The van der Waals surface area contributed by atoms with Gasteiger partial charge in [0.05, 0.1) is 16.6 Å². The molecule has 0 aromatic heterocycles. The Kier molecular flexibility index (Phi) is 5.11. The standard InChI is InChI=1S/C24H16BrN3OS/c25-17-10-6-9-16(13-17)21-14-20(15-7-2-1-3-8-15)27-24(30-21)28-22-18-11-4-5-12-19(18)26-23(22)29/h1-14,21H,(H,26,27,28,29). The van der Waals surface area contributed by atoms with Crippen LogP contribution in [0.2, 0.25) is 0 Å². The van der Waals surface area contributed by atoms with E-state index < -0.39 is 0 Å². The maximum Gasteiger partial charge on any atom is 0.275 e. The van der Waals surface area contributed by atoms with Crippen molar-refractivity contribution in [3.05, 3.63) is 106 Å². The zero-order valence-corrected chi connectivity index (χ0v) is 18.2. The molecule has 5 rings (SSSR count). The minimum atomic E-state index is -0.200. The molecule has 0 saturated heterocycles. The Balaban J connectivity index is 1.59. The van der Waals surface area contributed by atoms with Crippen molar-refractivity contribution in [2.45, 2.75) is 5.25 Å². The maximum atomic E-state index is 12.5. The topological polar surface area (TPSA) is 53.8 Å². The monoisotopic (exact) mass is 473 g/mol. The van der Waals surface area contributed by atoms with Crippen LogP contribution in [0.4, 0.5) is 5.69 Å². The molecular formula is C24H16BrN3OS. The normalized spacial score (nSPS) is 19.2. The number of rotatable bonds is 2. The lowest BCUT2D eigenvalue weighted by Crippen LogP contribution is -2.16. The van der Waals surface area contributed by atoms with Crippen LogP contribution in [0.25, 0.3) is 5.70 Å². The molecule has 0 aliphatic carbocycles. The van der Waals surface area contributed by atoms with Crippen LogP contribution in [0.1, 0.15) is 21.9 Å². The summed E-state index contributed by atoms with van der Waals surface area (Å²) >= 11 is 5.10. The lowest BCUT2D eigenvalue weighted by Gasteiger charge is -2.19. The number of halogens is 1. The van der Waals surface area contributed by atoms with E-state index in [1.807, 2.05) is 66.7 Å². The summed E-state index contributed by atoms with van der Waals surface area (Å²) in [5, 5.41) is 3.48. The molecule has 0 radical (unpaired) electrons. The summed E-state index contributed by atoms with van der Waals surface area (Å²) in [7, 11) is 0. The second kappa shape index (κ2) is 8.05. The van der Waals surface area contributed by atoms with Gasteiger partial charge < -0.3 is 5.32 Å². The van der Waals surface area contributed by atoms with Gasteiger partial charge >= 0.3 is 0 Å². The van der Waals surface area contributed by atoms with Gasteiger partial charge in [-0.15, -0.1) is 0 Å². The Morgan fingerprint density at radius 1 is 0.967 bits per heavy atom. The largest absolute Gasteiger partial charge is 0.320 e. The number of aliphatic imine (C=N–C) groups is 2. The summed E-state index contributed by atoms with van der Waals surface area (Å²) < 4.78 is 1.02. The third kappa shape index (κ3) is 3.76. The summed E-state index contributed by atoms with van der Waals surface area (Å²) in [4.78, 5) is 22.0. The molecule has 1 N–H and O–H groups in total. The van der Waals surface area contributed by atoms with E-state index in [9.17, 15) is 4.79 Å². The number of thioether (sulfide) groups is 1. The van der Waals surface area contributed by atoms with Crippen molar-refractivity contribution in [3.63, 3.8) is 0 Å². The molecule has 3 aromatic carbocycles. The van der Waals surface area contributed by atoms with Crippen molar-refractivity contribution in [1.82, 2.24) is 0 Å². The molecule has 4 nitrogen and oxygen atoms in total. The van der Waals surface area contributed by atoms with Gasteiger partial charge in [-0.3, -0.25) is 4.79 Å². The van der Waals surface area contributed by atoms with Gasteiger partial charge in [0.2, 0.25) is 0 Å². The maximum absolute atomic E-state index is 12.5. The highest BCUT2D eigenvalue weighted by Gasteiger charge is 2.28. The van der Waals surface area contributed by atoms with Crippen LogP contribution in [-0.4, -0.2) is 16.8 Å². The molecule has 30 heavy (non-hydrogen) atoms. The SMILES string of the molecule is O=C1Nc2ccccc2C1=NC1=NC(c2ccccc2)=CC(c2cccc(Br)c2)S1. The molecule has 0 fully saturated rings. The molecule has 1 unspecified atom stereocenters. The summed E-state index contributed by atoms with van der Waals surface area (Å²) in [6.07, 6.45) is 2.15. The van der Waals surface area contributed by atoms with E-state index >= 15 is 0 Å². The van der Waals surface area contributed by atoms with E-state index in [-0.39, 0.29) is 11.2 Å². The van der Waals surface area contributed by atoms with Crippen LogP contribution < -0.4 is 5.32 Å². The van der Waals surface area contributed by atoms with Crippen molar-refractivity contribution >= 4 is 55.9 Å². The number of benzene rings is 3. The van der Waals surface area contributed by atoms with Crippen LogP contribution in [-0.2, 0) is 4.79 Å².